The number of hydrogen-bond donors (Lipinski definition) is 2. The summed E-state index contributed by atoms with van der Waals surface area (Å²) in [6.45, 7) is 1.65. The number of anilines is 1. The summed E-state index contributed by atoms with van der Waals surface area (Å²) in [4.78, 5) is 24.4. The van der Waals surface area contributed by atoms with Gasteiger partial charge in [0.25, 0.3) is 11.6 Å². The van der Waals surface area contributed by atoms with Crippen LogP contribution in [0.25, 0.3) is 0 Å². The van der Waals surface area contributed by atoms with E-state index in [1.54, 1.807) is 6.07 Å². The minimum atomic E-state index is -0.536. The first-order valence-electron chi connectivity index (χ1n) is 6.13. The smallest absolute Gasteiger partial charge is 0.270 e. The normalized spacial score (nSPS) is 14.1. The van der Waals surface area contributed by atoms with Gasteiger partial charge in [0.2, 0.25) is 0 Å². The Bertz CT molecular complexity index is 570. The maximum absolute atomic E-state index is 12.1. The molecule has 106 valence electrons. The molecular formula is C12H14N4O3S. The number of non-ortho nitro benzene ring substituents is 1. The Morgan fingerprint density at radius 2 is 2.05 bits per heavy atom. The standard InChI is InChI=1S/C12H14N4O3S/c13-12(20)14-11(17)9-7-8(16(18)19)3-4-10(9)15-5-1-2-6-15/h3-4,7H,1-2,5-6H2,(H3,13,14,17,20). The third kappa shape index (κ3) is 3.02. The minimum absolute atomic E-state index is 0.138. The van der Waals surface area contributed by atoms with Gasteiger partial charge in [-0.3, -0.25) is 20.2 Å². The van der Waals surface area contributed by atoms with Gasteiger partial charge >= 0.3 is 0 Å². The number of hydrogen-bond acceptors (Lipinski definition) is 5. The van der Waals surface area contributed by atoms with Gasteiger partial charge < -0.3 is 10.6 Å². The number of benzene rings is 1. The number of carbonyl (C=O) groups excluding carboxylic acids is 1. The molecule has 1 heterocycles. The van der Waals surface area contributed by atoms with E-state index in [2.05, 4.69) is 17.5 Å². The summed E-state index contributed by atoms with van der Waals surface area (Å²) in [6, 6.07) is 4.24. The number of nitrogens with one attached hydrogen (secondary N) is 1. The van der Waals surface area contributed by atoms with E-state index in [4.69, 9.17) is 5.73 Å². The Morgan fingerprint density at radius 3 is 2.60 bits per heavy atom. The summed E-state index contributed by atoms with van der Waals surface area (Å²) >= 11 is 4.63. The van der Waals surface area contributed by atoms with Crippen LogP contribution in [0.15, 0.2) is 18.2 Å². The number of carbonyl (C=O) groups is 1. The molecule has 0 saturated carbocycles. The molecule has 1 aromatic rings. The SMILES string of the molecule is NC(=S)NC(=O)c1cc([N+](=O)[O-])ccc1N1CCCC1. The number of amides is 1. The van der Waals surface area contributed by atoms with Gasteiger partial charge in [-0.15, -0.1) is 0 Å². The predicted octanol–water partition coefficient (Wildman–Crippen LogP) is 1.17. The van der Waals surface area contributed by atoms with Crippen LogP contribution < -0.4 is 16.0 Å². The van der Waals surface area contributed by atoms with E-state index in [9.17, 15) is 14.9 Å². The molecule has 1 aliphatic rings. The van der Waals surface area contributed by atoms with Crippen molar-refractivity contribution in [2.24, 2.45) is 5.73 Å². The van der Waals surface area contributed by atoms with Gasteiger partial charge in [0.05, 0.1) is 16.2 Å². The number of rotatable bonds is 3. The van der Waals surface area contributed by atoms with E-state index in [0.29, 0.717) is 5.69 Å². The van der Waals surface area contributed by atoms with Crippen LogP contribution in [-0.4, -0.2) is 29.0 Å². The fourth-order valence-electron chi connectivity index (χ4n) is 2.23. The van der Waals surface area contributed by atoms with Gasteiger partial charge in [0.15, 0.2) is 5.11 Å². The van der Waals surface area contributed by atoms with Crippen molar-refractivity contribution in [2.75, 3.05) is 18.0 Å². The summed E-state index contributed by atoms with van der Waals surface area (Å²) in [5, 5.41) is 13.0. The zero-order valence-corrected chi connectivity index (χ0v) is 11.5. The number of nitro groups is 1. The summed E-state index contributed by atoms with van der Waals surface area (Å²) in [5.41, 5.74) is 6.03. The molecule has 0 spiro atoms. The van der Waals surface area contributed by atoms with E-state index >= 15 is 0 Å². The van der Waals surface area contributed by atoms with E-state index in [0.717, 1.165) is 25.9 Å². The lowest BCUT2D eigenvalue weighted by molar-refractivity contribution is -0.384. The van der Waals surface area contributed by atoms with Crippen molar-refractivity contribution in [3.63, 3.8) is 0 Å². The van der Waals surface area contributed by atoms with Crippen LogP contribution in [0.2, 0.25) is 0 Å². The first-order chi connectivity index (χ1) is 9.49. The van der Waals surface area contributed by atoms with Crippen LogP contribution in [0, 0.1) is 10.1 Å². The molecule has 0 unspecified atom stereocenters. The van der Waals surface area contributed by atoms with Crippen LogP contribution in [0.3, 0.4) is 0 Å². The second kappa shape index (κ2) is 5.83. The Kier molecular flexibility index (Phi) is 4.14. The van der Waals surface area contributed by atoms with Gasteiger partial charge in [-0.1, -0.05) is 0 Å². The Balaban J connectivity index is 2.41. The van der Waals surface area contributed by atoms with Gasteiger partial charge in [-0.05, 0) is 31.1 Å². The highest BCUT2D eigenvalue weighted by Gasteiger charge is 2.22. The van der Waals surface area contributed by atoms with Crippen molar-refractivity contribution in [3.05, 3.63) is 33.9 Å². The number of nitrogens with two attached hydrogens (primary N) is 1. The first-order valence-corrected chi connectivity index (χ1v) is 6.54. The number of nitro benzene ring substituents is 1. The molecule has 3 N–H and O–H groups in total. The zero-order chi connectivity index (χ0) is 14.7. The fraction of sp³-hybridized carbons (Fsp3) is 0.333. The molecule has 1 fully saturated rings. The van der Waals surface area contributed by atoms with Crippen molar-refractivity contribution in [1.82, 2.24) is 5.32 Å². The van der Waals surface area contributed by atoms with Crippen LogP contribution >= 0.6 is 12.2 Å². The lowest BCUT2D eigenvalue weighted by Crippen LogP contribution is -2.35. The molecule has 0 aliphatic carbocycles. The van der Waals surface area contributed by atoms with Crippen LogP contribution in [0.4, 0.5) is 11.4 Å². The molecule has 0 atom stereocenters. The third-order valence-corrected chi connectivity index (χ3v) is 3.22. The van der Waals surface area contributed by atoms with Crippen molar-refractivity contribution in [1.29, 1.82) is 0 Å². The summed E-state index contributed by atoms with van der Waals surface area (Å²) in [6.07, 6.45) is 2.07. The summed E-state index contributed by atoms with van der Waals surface area (Å²) in [5.74, 6) is -0.525. The number of thiocarbonyl (C=S) groups is 1. The van der Waals surface area contributed by atoms with Crippen LogP contribution in [0.5, 0.6) is 0 Å². The average molecular weight is 294 g/mol. The lowest BCUT2D eigenvalue weighted by Gasteiger charge is -2.20. The quantitative estimate of drug-likeness (QED) is 0.493. The monoisotopic (exact) mass is 294 g/mol. The molecule has 7 nitrogen and oxygen atoms in total. The third-order valence-electron chi connectivity index (χ3n) is 3.12. The second-order valence-corrected chi connectivity index (χ2v) is 4.91. The second-order valence-electron chi connectivity index (χ2n) is 4.47. The van der Waals surface area contributed by atoms with Crippen molar-refractivity contribution < 1.29 is 9.72 Å². The Hall–Kier alpha value is -2.22. The van der Waals surface area contributed by atoms with Crippen molar-refractivity contribution in [2.45, 2.75) is 12.8 Å². The van der Waals surface area contributed by atoms with Crippen molar-refractivity contribution in [3.8, 4) is 0 Å². The highest BCUT2D eigenvalue weighted by atomic mass is 32.1. The maximum atomic E-state index is 12.1. The van der Waals surface area contributed by atoms with E-state index in [-0.39, 0.29) is 16.4 Å². The predicted molar refractivity (Wildman–Crippen MR) is 78.8 cm³/mol. The zero-order valence-electron chi connectivity index (χ0n) is 10.7. The molecule has 20 heavy (non-hydrogen) atoms. The van der Waals surface area contributed by atoms with Crippen molar-refractivity contribution >= 4 is 34.6 Å². The maximum Gasteiger partial charge on any atom is 0.270 e. The first kappa shape index (κ1) is 14.2. The highest BCUT2D eigenvalue weighted by Crippen LogP contribution is 2.28. The van der Waals surface area contributed by atoms with Gasteiger partial charge in [-0.2, -0.15) is 0 Å². The molecule has 1 saturated heterocycles. The molecule has 1 aliphatic heterocycles. The molecule has 8 heteroatoms. The Morgan fingerprint density at radius 1 is 1.40 bits per heavy atom. The van der Waals surface area contributed by atoms with E-state index in [1.165, 1.54) is 12.1 Å². The van der Waals surface area contributed by atoms with Gasteiger partial charge in [0.1, 0.15) is 0 Å². The van der Waals surface area contributed by atoms with Gasteiger partial charge in [0, 0.05) is 25.2 Å². The Labute approximate surface area is 120 Å². The topological polar surface area (TPSA) is 101 Å². The molecule has 0 bridgehead atoms. The fourth-order valence-corrected chi connectivity index (χ4v) is 2.33. The molecule has 1 aromatic carbocycles. The number of nitrogens with zero attached hydrogens (tertiary/aromatic N) is 2. The lowest BCUT2D eigenvalue weighted by atomic mass is 10.1. The molecule has 2 rings (SSSR count). The largest absolute Gasteiger partial charge is 0.376 e. The molecule has 0 aromatic heterocycles. The summed E-state index contributed by atoms with van der Waals surface area (Å²) in [7, 11) is 0. The highest BCUT2D eigenvalue weighted by molar-refractivity contribution is 7.80. The van der Waals surface area contributed by atoms with E-state index < -0.39 is 10.8 Å². The van der Waals surface area contributed by atoms with Gasteiger partial charge in [-0.25, -0.2) is 0 Å². The van der Waals surface area contributed by atoms with Crippen LogP contribution in [0.1, 0.15) is 23.2 Å². The summed E-state index contributed by atoms with van der Waals surface area (Å²) < 4.78 is 0. The van der Waals surface area contributed by atoms with Crippen LogP contribution in [-0.2, 0) is 0 Å². The minimum Gasteiger partial charge on any atom is -0.376 e. The molecular weight excluding hydrogens is 280 g/mol. The molecule has 1 amide bonds. The average Bonchev–Trinajstić information content (AvgIpc) is 2.90. The van der Waals surface area contributed by atoms with E-state index in [1.807, 2.05) is 4.90 Å². The molecule has 0 radical (unpaired) electrons.